The smallest absolute Gasteiger partial charge is 0.234 e. The molecule has 0 spiro atoms. The van der Waals surface area contributed by atoms with Gasteiger partial charge in [0.2, 0.25) is 5.78 Å². The summed E-state index contributed by atoms with van der Waals surface area (Å²) < 4.78 is 8.20. The fraction of sp³-hybridized carbons (Fsp3) is 0.333. The van der Waals surface area contributed by atoms with E-state index in [1.807, 2.05) is 28.8 Å². The molecule has 0 N–H and O–H groups in total. The van der Waals surface area contributed by atoms with Crippen molar-refractivity contribution in [3.63, 3.8) is 0 Å². The van der Waals surface area contributed by atoms with Gasteiger partial charge < -0.3 is 9.64 Å². The van der Waals surface area contributed by atoms with Gasteiger partial charge in [0.15, 0.2) is 0 Å². The molecule has 0 radical (unpaired) electrons. The van der Waals surface area contributed by atoms with E-state index in [0.29, 0.717) is 0 Å². The minimum absolute atomic E-state index is 0.737. The molecule has 3 heterocycles. The number of anilines is 1. The summed E-state index contributed by atoms with van der Waals surface area (Å²) in [6.45, 7) is 4.88. The third kappa shape index (κ3) is 3.34. The van der Waals surface area contributed by atoms with Crippen LogP contribution in [0.5, 0.6) is 5.75 Å². The minimum atomic E-state index is 0.737. The van der Waals surface area contributed by atoms with Crippen LogP contribution < -0.4 is 9.64 Å². The Bertz CT molecular complexity index is 856. The first-order valence-corrected chi connectivity index (χ1v) is 9.13. The molecule has 1 aromatic carbocycles. The molecule has 0 unspecified atom stereocenters. The maximum Gasteiger partial charge on any atom is 0.234 e. The van der Waals surface area contributed by atoms with Gasteiger partial charge in [-0.1, -0.05) is 0 Å². The van der Waals surface area contributed by atoms with E-state index in [-0.39, 0.29) is 0 Å². The number of hydrogen-bond donors (Lipinski definition) is 0. The summed E-state index contributed by atoms with van der Waals surface area (Å²) in [7, 11) is 1.70. The van der Waals surface area contributed by atoms with Crippen molar-refractivity contribution in [2.24, 2.45) is 0 Å². The van der Waals surface area contributed by atoms with E-state index in [1.54, 1.807) is 13.3 Å². The normalized spacial score (nSPS) is 15.7. The summed E-state index contributed by atoms with van der Waals surface area (Å²) in [6.07, 6.45) is 3.75. The van der Waals surface area contributed by atoms with Crippen LogP contribution in [0, 0.1) is 0 Å². The van der Waals surface area contributed by atoms with Gasteiger partial charge in [-0.3, -0.25) is 9.30 Å². The van der Waals surface area contributed by atoms with Gasteiger partial charge in [-0.15, -0.1) is 0 Å². The fourth-order valence-electron chi connectivity index (χ4n) is 3.17. The zero-order valence-corrected chi connectivity index (χ0v) is 15.7. The zero-order valence-electron chi connectivity index (χ0n) is 14.1. The van der Waals surface area contributed by atoms with Crippen molar-refractivity contribution in [1.29, 1.82) is 0 Å². The van der Waals surface area contributed by atoms with E-state index in [4.69, 9.17) is 4.74 Å². The summed E-state index contributed by atoms with van der Waals surface area (Å²) >= 11 is 3.65. The number of fused-ring (bicyclic) bond motifs is 1. The summed E-state index contributed by atoms with van der Waals surface area (Å²) in [5.74, 6) is 1.63. The highest BCUT2D eigenvalue weighted by Crippen LogP contribution is 2.23. The number of benzene rings is 1. The van der Waals surface area contributed by atoms with Crippen LogP contribution in [0.25, 0.3) is 5.78 Å². The lowest BCUT2D eigenvalue weighted by Crippen LogP contribution is -2.46. The summed E-state index contributed by atoms with van der Waals surface area (Å²) in [5, 5.41) is 0. The maximum atomic E-state index is 5.23. The van der Waals surface area contributed by atoms with Crippen LogP contribution in [0.4, 0.5) is 5.69 Å². The van der Waals surface area contributed by atoms with Crippen LogP contribution in [0.2, 0.25) is 0 Å². The fourth-order valence-corrected chi connectivity index (χ4v) is 3.67. The van der Waals surface area contributed by atoms with Crippen molar-refractivity contribution < 1.29 is 4.74 Å². The molecule has 130 valence electrons. The Morgan fingerprint density at radius 1 is 1.12 bits per heavy atom. The number of piperazine rings is 1. The molecule has 0 bridgehead atoms. The van der Waals surface area contributed by atoms with Crippen molar-refractivity contribution in [3.8, 4) is 5.75 Å². The van der Waals surface area contributed by atoms with Crippen LogP contribution in [0.3, 0.4) is 0 Å². The number of ether oxygens (including phenoxy) is 1. The zero-order chi connectivity index (χ0) is 17.2. The van der Waals surface area contributed by atoms with Crippen LogP contribution in [-0.4, -0.2) is 52.6 Å². The SMILES string of the molecule is COc1ccc(N2CCN(Cc3nc4ncccn4c3Br)CC2)cc1. The molecule has 0 amide bonds. The Labute approximate surface area is 155 Å². The highest BCUT2D eigenvalue weighted by molar-refractivity contribution is 9.10. The summed E-state index contributed by atoms with van der Waals surface area (Å²) in [6, 6.07) is 10.2. The van der Waals surface area contributed by atoms with Crippen LogP contribution >= 0.6 is 15.9 Å². The van der Waals surface area contributed by atoms with Gasteiger partial charge in [0.05, 0.1) is 12.8 Å². The van der Waals surface area contributed by atoms with Crippen LogP contribution in [0.1, 0.15) is 5.69 Å². The first-order valence-electron chi connectivity index (χ1n) is 8.33. The molecule has 1 saturated heterocycles. The molecule has 1 aliphatic heterocycles. The van der Waals surface area contributed by atoms with E-state index in [0.717, 1.165) is 54.5 Å². The van der Waals surface area contributed by atoms with Crippen molar-refractivity contribution in [2.45, 2.75) is 6.54 Å². The van der Waals surface area contributed by atoms with Gasteiger partial charge in [-0.05, 0) is 46.3 Å². The van der Waals surface area contributed by atoms with Gasteiger partial charge in [-0.25, -0.2) is 9.97 Å². The molecule has 3 aromatic rings. The van der Waals surface area contributed by atoms with E-state index < -0.39 is 0 Å². The highest BCUT2D eigenvalue weighted by Gasteiger charge is 2.20. The Balaban J connectivity index is 1.40. The predicted molar refractivity (Wildman–Crippen MR) is 101 cm³/mol. The second kappa shape index (κ2) is 7.01. The van der Waals surface area contributed by atoms with E-state index in [2.05, 4.69) is 47.8 Å². The molecule has 1 aliphatic rings. The van der Waals surface area contributed by atoms with E-state index in [1.165, 1.54) is 5.69 Å². The Kier molecular flexibility index (Phi) is 4.59. The molecule has 1 fully saturated rings. The number of halogens is 1. The number of rotatable bonds is 4. The van der Waals surface area contributed by atoms with Crippen molar-refractivity contribution in [3.05, 3.63) is 53.0 Å². The Morgan fingerprint density at radius 2 is 1.88 bits per heavy atom. The second-order valence-electron chi connectivity index (χ2n) is 6.10. The molecule has 0 atom stereocenters. The molecular formula is C18H20BrN5O. The topological polar surface area (TPSA) is 45.9 Å². The third-order valence-corrected chi connectivity index (χ3v) is 5.43. The highest BCUT2D eigenvalue weighted by atomic mass is 79.9. The number of imidazole rings is 1. The molecule has 2 aromatic heterocycles. The lowest BCUT2D eigenvalue weighted by atomic mass is 10.2. The summed E-state index contributed by atoms with van der Waals surface area (Å²) in [4.78, 5) is 13.8. The molecular weight excluding hydrogens is 382 g/mol. The number of nitrogens with zero attached hydrogens (tertiary/aromatic N) is 5. The minimum Gasteiger partial charge on any atom is -0.497 e. The second-order valence-corrected chi connectivity index (χ2v) is 6.85. The number of aromatic nitrogens is 3. The van der Waals surface area contributed by atoms with Crippen molar-refractivity contribution in [1.82, 2.24) is 19.3 Å². The lowest BCUT2D eigenvalue weighted by molar-refractivity contribution is 0.247. The number of methoxy groups -OCH3 is 1. The molecule has 6 nitrogen and oxygen atoms in total. The average Bonchev–Trinajstić information content (AvgIpc) is 2.98. The van der Waals surface area contributed by atoms with Crippen molar-refractivity contribution >= 4 is 27.4 Å². The van der Waals surface area contributed by atoms with E-state index >= 15 is 0 Å². The molecule has 7 heteroatoms. The maximum absolute atomic E-state index is 5.23. The third-order valence-electron chi connectivity index (χ3n) is 4.59. The van der Waals surface area contributed by atoms with Crippen LogP contribution in [-0.2, 0) is 6.54 Å². The number of hydrogen-bond acceptors (Lipinski definition) is 5. The average molecular weight is 402 g/mol. The first kappa shape index (κ1) is 16.4. The van der Waals surface area contributed by atoms with Gasteiger partial charge >= 0.3 is 0 Å². The summed E-state index contributed by atoms with van der Waals surface area (Å²) in [5.41, 5.74) is 2.29. The van der Waals surface area contributed by atoms with Gasteiger partial charge in [0.25, 0.3) is 0 Å². The largest absolute Gasteiger partial charge is 0.497 e. The van der Waals surface area contributed by atoms with Gasteiger partial charge in [0.1, 0.15) is 10.4 Å². The quantitative estimate of drug-likeness (QED) is 0.672. The Morgan fingerprint density at radius 3 is 2.56 bits per heavy atom. The monoisotopic (exact) mass is 401 g/mol. The molecule has 4 rings (SSSR count). The molecule has 0 saturated carbocycles. The van der Waals surface area contributed by atoms with E-state index in [9.17, 15) is 0 Å². The van der Waals surface area contributed by atoms with Gasteiger partial charge in [-0.2, -0.15) is 0 Å². The van der Waals surface area contributed by atoms with Crippen LogP contribution in [0.15, 0.2) is 47.3 Å². The van der Waals surface area contributed by atoms with Gasteiger partial charge in [0, 0.05) is 50.8 Å². The first-order chi connectivity index (χ1) is 12.2. The lowest BCUT2D eigenvalue weighted by Gasteiger charge is -2.35. The molecule has 0 aliphatic carbocycles. The molecule has 25 heavy (non-hydrogen) atoms. The van der Waals surface area contributed by atoms with Crippen molar-refractivity contribution in [2.75, 3.05) is 38.2 Å². The standard InChI is InChI=1S/C18H20BrN5O/c1-25-15-5-3-14(4-6-15)23-11-9-22(10-12-23)13-16-17(19)24-8-2-7-20-18(24)21-16/h2-8H,9-13H2,1H3. The Hall–Kier alpha value is -2.12. The predicted octanol–water partition coefficient (Wildman–Crippen LogP) is 2.82.